The average molecular weight is 544 g/mol. The summed E-state index contributed by atoms with van der Waals surface area (Å²) in [5.41, 5.74) is 0.610. The molecule has 0 saturated heterocycles. The van der Waals surface area contributed by atoms with E-state index in [9.17, 15) is 18.0 Å². The van der Waals surface area contributed by atoms with Crippen LogP contribution in [0, 0.1) is 0 Å². The van der Waals surface area contributed by atoms with Crippen LogP contribution in [0.25, 0.3) is 22.3 Å². The number of para-hydroxylation sites is 1. The SMILES string of the molecule is COc1cccc2oc(=O)cc(Cc3cc4c(oc3=O)-c3ccccc3OC4NS(=O)(=O)c3ccccc3)c12. The monoisotopic (exact) mass is 543 g/mol. The van der Waals surface area contributed by atoms with E-state index in [4.69, 9.17) is 18.3 Å². The number of benzene rings is 3. The molecule has 9 nitrogen and oxygen atoms in total. The molecule has 0 amide bonds. The molecular weight excluding hydrogens is 522 g/mol. The summed E-state index contributed by atoms with van der Waals surface area (Å²) in [6, 6.07) is 22.7. The molecule has 3 aromatic carbocycles. The lowest BCUT2D eigenvalue weighted by atomic mass is 9.97. The molecule has 3 heterocycles. The maximum absolute atomic E-state index is 13.2. The summed E-state index contributed by atoms with van der Waals surface area (Å²) in [6.45, 7) is 0. The smallest absolute Gasteiger partial charge is 0.339 e. The third-order valence-electron chi connectivity index (χ3n) is 6.44. The lowest BCUT2D eigenvalue weighted by Gasteiger charge is -2.28. The molecule has 0 spiro atoms. The van der Waals surface area contributed by atoms with Crippen LogP contribution in [0.1, 0.15) is 22.9 Å². The van der Waals surface area contributed by atoms with Crippen LogP contribution < -0.4 is 25.4 Å². The Morgan fingerprint density at radius 1 is 0.872 bits per heavy atom. The number of sulfonamides is 1. The van der Waals surface area contributed by atoms with Crippen molar-refractivity contribution in [2.24, 2.45) is 0 Å². The number of methoxy groups -OCH3 is 1. The Bertz CT molecular complexity index is 1940. The predicted molar refractivity (Wildman–Crippen MR) is 142 cm³/mol. The first kappa shape index (κ1) is 24.7. The summed E-state index contributed by atoms with van der Waals surface area (Å²) in [7, 11) is -2.50. The lowest BCUT2D eigenvalue weighted by Crippen LogP contribution is -2.34. The average Bonchev–Trinajstić information content (AvgIpc) is 2.93. The Morgan fingerprint density at radius 2 is 1.64 bits per heavy atom. The van der Waals surface area contributed by atoms with E-state index in [0.717, 1.165) is 0 Å². The minimum atomic E-state index is -4.00. The van der Waals surface area contributed by atoms with E-state index in [1.807, 2.05) is 0 Å². The van der Waals surface area contributed by atoms with Crippen LogP contribution in [0.5, 0.6) is 11.5 Å². The van der Waals surface area contributed by atoms with Gasteiger partial charge in [0.25, 0.3) is 0 Å². The van der Waals surface area contributed by atoms with Crippen LogP contribution in [-0.4, -0.2) is 15.5 Å². The van der Waals surface area contributed by atoms with Crippen LogP contribution in [0.4, 0.5) is 0 Å². The summed E-state index contributed by atoms with van der Waals surface area (Å²) in [6.07, 6.45) is -1.19. The molecule has 10 heteroatoms. The van der Waals surface area contributed by atoms with E-state index in [1.165, 1.54) is 25.3 Å². The van der Waals surface area contributed by atoms with Crippen molar-refractivity contribution in [3.05, 3.63) is 122 Å². The van der Waals surface area contributed by atoms with Gasteiger partial charge in [0, 0.05) is 18.1 Å². The first-order chi connectivity index (χ1) is 18.8. The van der Waals surface area contributed by atoms with Crippen molar-refractivity contribution in [3.8, 4) is 22.8 Å². The molecule has 1 aliphatic heterocycles. The van der Waals surface area contributed by atoms with E-state index >= 15 is 0 Å². The van der Waals surface area contributed by atoms with Gasteiger partial charge in [-0.1, -0.05) is 36.4 Å². The first-order valence-corrected chi connectivity index (χ1v) is 13.4. The van der Waals surface area contributed by atoms with Gasteiger partial charge in [-0.2, -0.15) is 4.72 Å². The van der Waals surface area contributed by atoms with Gasteiger partial charge in [-0.3, -0.25) is 0 Å². The second kappa shape index (κ2) is 9.57. The van der Waals surface area contributed by atoms with Crippen molar-refractivity contribution in [2.45, 2.75) is 17.5 Å². The van der Waals surface area contributed by atoms with E-state index in [1.54, 1.807) is 66.7 Å². The third-order valence-corrected chi connectivity index (χ3v) is 7.85. The molecular formula is C29H21NO8S. The largest absolute Gasteiger partial charge is 0.496 e. The molecule has 5 aromatic rings. The van der Waals surface area contributed by atoms with E-state index < -0.39 is 27.5 Å². The zero-order chi connectivity index (χ0) is 27.1. The number of ether oxygens (including phenoxy) is 2. The molecule has 0 fully saturated rings. The molecule has 0 bridgehead atoms. The summed E-state index contributed by atoms with van der Waals surface area (Å²) in [5.74, 6) is 1.03. The zero-order valence-electron chi connectivity index (χ0n) is 20.5. The molecule has 39 heavy (non-hydrogen) atoms. The van der Waals surface area contributed by atoms with Crippen LogP contribution in [-0.2, 0) is 16.4 Å². The van der Waals surface area contributed by atoms with Gasteiger partial charge in [0.2, 0.25) is 10.0 Å². The molecule has 1 aliphatic rings. The van der Waals surface area contributed by atoms with Crippen molar-refractivity contribution in [3.63, 3.8) is 0 Å². The molecule has 0 aliphatic carbocycles. The van der Waals surface area contributed by atoms with Gasteiger partial charge in [-0.15, -0.1) is 0 Å². The molecule has 1 N–H and O–H groups in total. The normalized spacial score (nSPS) is 14.3. The van der Waals surface area contributed by atoms with Crippen LogP contribution >= 0.6 is 0 Å². The lowest BCUT2D eigenvalue weighted by molar-refractivity contribution is 0.185. The molecule has 2 aromatic heterocycles. The van der Waals surface area contributed by atoms with Gasteiger partial charge in [0.15, 0.2) is 12.0 Å². The van der Waals surface area contributed by atoms with Crippen LogP contribution in [0.3, 0.4) is 0 Å². The molecule has 6 rings (SSSR count). The summed E-state index contributed by atoms with van der Waals surface area (Å²) < 4.78 is 51.5. The number of nitrogens with one attached hydrogen (secondary N) is 1. The quantitative estimate of drug-likeness (QED) is 0.313. The van der Waals surface area contributed by atoms with Gasteiger partial charge in [-0.25, -0.2) is 18.0 Å². The maximum Gasteiger partial charge on any atom is 0.339 e. The third kappa shape index (κ3) is 4.49. The van der Waals surface area contributed by atoms with E-state index in [0.29, 0.717) is 39.2 Å². The van der Waals surface area contributed by atoms with Gasteiger partial charge in [0.1, 0.15) is 17.1 Å². The Balaban J connectivity index is 1.49. The van der Waals surface area contributed by atoms with Crippen molar-refractivity contribution in [1.82, 2.24) is 4.72 Å². The standard InChI is InChI=1S/C29H21NO8S/c1-35-23-12-7-13-24-26(23)17(16-25(31)36-24)14-18-15-21-27(38-29(18)32)20-10-5-6-11-22(20)37-28(21)30-39(33,34)19-8-3-2-4-9-19/h2-13,15-16,28,30H,14H2,1H3. The molecule has 1 atom stereocenters. The summed E-state index contributed by atoms with van der Waals surface area (Å²) in [5, 5.41) is 0.541. The Morgan fingerprint density at radius 3 is 2.44 bits per heavy atom. The highest BCUT2D eigenvalue weighted by atomic mass is 32.2. The first-order valence-electron chi connectivity index (χ1n) is 11.9. The number of fused-ring (bicyclic) bond motifs is 4. The Hall–Kier alpha value is -4.67. The maximum atomic E-state index is 13.2. The second-order valence-electron chi connectivity index (χ2n) is 8.87. The van der Waals surface area contributed by atoms with Crippen LogP contribution in [0.15, 0.2) is 108 Å². The highest BCUT2D eigenvalue weighted by Crippen LogP contribution is 2.41. The number of rotatable bonds is 6. The molecule has 196 valence electrons. The van der Waals surface area contributed by atoms with Gasteiger partial charge >= 0.3 is 11.3 Å². The second-order valence-corrected chi connectivity index (χ2v) is 10.6. The molecule has 0 saturated carbocycles. The predicted octanol–water partition coefficient (Wildman–Crippen LogP) is 4.38. The Labute approximate surface area is 222 Å². The zero-order valence-corrected chi connectivity index (χ0v) is 21.4. The number of hydrogen-bond donors (Lipinski definition) is 1. The van der Waals surface area contributed by atoms with Gasteiger partial charge < -0.3 is 18.3 Å². The van der Waals surface area contributed by atoms with Crippen molar-refractivity contribution < 1.29 is 26.7 Å². The fraction of sp³-hybridized carbons (Fsp3) is 0.103. The topological polar surface area (TPSA) is 125 Å². The summed E-state index contributed by atoms with van der Waals surface area (Å²) in [4.78, 5) is 25.6. The van der Waals surface area contributed by atoms with Crippen molar-refractivity contribution in [1.29, 1.82) is 0 Å². The van der Waals surface area contributed by atoms with Crippen molar-refractivity contribution in [2.75, 3.05) is 7.11 Å². The molecule has 1 unspecified atom stereocenters. The van der Waals surface area contributed by atoms with Gasteiger partial charge in [0.05, 0.1) is 28.5 Å². The summed E-state index contributed by atoms with van der Waals surface area (Å²) >= 11 is 0. The van der Waals surface area contributed by atoms with E-state index in [2.05, 4.69) is 4.72 Å². The highest BCUT2D eigenvalue weighted by molar-refractivity contribution is 7.89. The number of hydrogen-bond acceptors (Lipinski definition) is 8. The van der Waals surface area contributed by atoms with Gasteiger partial charge in [-0.05, 0) is 48.0 Å². The highest BCUT2D eigenvalue weighted by Gasteiger charge is 2.33. The minimum absolute atomic E-state index is 0.00209. The Kier molecular flexibility index (Phi) is 6.05. The fourth-order valence-electron chi connectivity index (χ4n) is 4.68. The minimum Gasteiger partial charge on any atom is -0.496 e. The molecule has 0 radical (unpaired) electrons. The fourth-order valence-corrected chi connectivity index (χ4v) is 5.79. The van der Waals surface area contributed by atoms with Crippen molar-refractivity contribution >= 4 is 21.0 Å². The van der Waals surface area contributed by atoms with E-state index in [-0.39, 0.29) is 22.6 Å². The van der Waals surface area contributed by atoms with Crippen LogP contribution in [0.2, 0.25) is 0 Å².